The van der Waals surface area contributed by atoms with Crippen molar-refractivity contribution in [1.29, 1.82) is 0 Å². The van der Waals surface area contributed by atoms with E-state index < -0.39 is 28.5 Å². The zero-order valence-corrected chi connectivity index (χ0v) is 12.8. The second-order valence-corrected chi connectivity index (χ2v) is 6.31. The summed E-state index contributed by atoms with van der Waals surface area (Å²) in [4.78, 5) is 22.3. The molecule has 0 saturated heterocycles. The fraction of sp³-hybridized carbons (Fsp3) is 0.385. The number of benzene rings is 1. The molecule has 0 aliphatic rings. The quantitative estimate of drug-likeness (QED) is 0.782. The van der Waals surface area contributed by atoms with Gasteiger partial charge in [0.15, 0.2) is 0 Å². The Labute approximate surface area is 123 Å². The monoisotopic (exact) mass is 315 g/mol. The number of aromatic carboxylic acids is 1. The smallest absolute Gasteiger partial charge is 0.335 e. The molecule has 0 amide bonds. The van der Waals surface area contributed by atoms with Crippen molar-refractivity contribution in [3.8, 4) is 0 Å². The van der Waals surface area contributed by atoms with Gasteiger partial charge in [-0.25, -0.2) is 13.2 Å². The summed E-state index contributed by atoms with van der Waals surface area (Å²) in [5, 5.41) is 9.03. The van der Waals surface area contributed by atoms with E-state index in [1.807, 2.05) is 0 Å². The van der Waals surface area contributed by atoms with Crippen molar-refractivity contribution < 1.29 is 27.9 Å². The van der Waals surface area contributed by atoms with Crippen LogP contribution in [0.1, 0.15) is 22.8 Å². The number of carbonyl (C=O) groups excluding carboxylic acids is 1. The second kappa shape index (κ2) is 6.68. The van der Waals surface area contributed by atoms with Crippen molar-refractivity contribution >= 4 is 22.0 Å². The van der Waals surface area contributed by atoms with Gasteiger partial charge in [-0.1, -0.05) is 6.07 Å². The van der Waals surface area contributed by atoms with Crippen molar-refractivity contribution in [3.63, 3.8) is 0 Å². The molecule has 0 fully saturated rings. The van der Waals surface area contributed by atoms with Gasteiger partial charge >= 0.3 is 11.9 Å². The van der Waals surface area contributed by atoms with Gasteiger partial charge in [0.25, 0.3) is 0 Å². The lowest BCUT2D eigenvalue weighted by molar-refractivity contribution is -0.143. The number of ether oxygens (including phenoxy) is 1. The van der Waals surface area contributed by atoms with Crippen LogP contribution < -0.4 is 0 Å². The lowest BCUT2D eigenvalue weighted by atomic mass is 10.1. The van der Waals surface area contributed by atoms with Crippen LogP contribution in [-0.2, 0) is 19.6 Å². The van der Waals surface area contributed by atoms with Crippen molar-refractivity contribution in [2.45, 2.75) is 18.7 Å². The Kier molecular flexibility index (Phi) is 5.45. The molecule has 0 aromatic heterocycles. The summed E-state index contributed by atoms with van der Waals surface area (Å²) in [5.41, 5.74) is 0.0290. The Balaban J connectivity index is 3.17. The normalized spacial score (nSPS) is 11.4. The van der Waals surface area contributed by atoms with E-state index >= 15 is 0 Å². The van der Waals surface area contributed by atoms with Crippen molar-refractivity contribution in [1.82, 2.24) is 4.31 Å². The molecule has 0 aliphatic carbocycles. The van der Waals surface area contributed by atoms with Gasteiger partial charge in [0.1, 0.15) is 6.54 Å². The summed E-state index contributed by atoms with van der Waals surface area (Å²) in [6, 6.07) is 3.97. The van der Waals surface area contributed by atoms with Gasteiger partial charge in [-0.2, -0.15) is 4.31 Å². The number of carboxylic acids is 1. The van der Waals surface area contributed by atoms with E-state index in [0.29, 0.717) is 0 Å². The molecule has 21 heavy (non-hydrogen) atoms. The Morgan fingerprint density at radius 1 is 1.33 bits per heavy atom. The predicted molar refractivity (Wildman–Crippen MR) is 74.6 cm³/mol. The van der Waals surface area contributed by atoms with Crippen molar-refractivity contribution in [3.05, 3.63) is 29.3 Å². The second-order valence-electron chi connectivity index (χ2n) is 4.30. The van der Waals surface area contributed by atoms with Crippen LogP contribution in [0.2, 0.25) is 0 Å². The van der Waals surface area contributed by atoms with Gasteiger partial charge in [0.05, 0.1) is 17.1 Å². The van der Waals surface area contributed by atoms with Gasteiger partial charge in [0, 0.05) is 7.05 Å². The van der Waals surface area contributed by atoms with Crippen LogP contribution in [0.4, 0.5) is 0 Å². The van der Waals surface area contributed by atoms with E-state index in [1.165, 1.54) is 32.2 Å². The molecule has 0 unspecified atom stereocenters. The maximum Gasteiger partial charge on any atom is 0.335 e. The highest BCUT2D eigenvalue weighted by Gasteiger charge is 2.26. The standard InChI is InChI=1S/C13H17NO6S/c1-4-20-12(15)8-14(3)21(18,19)11-7-5-6-10(9(11)2)13(16)17/h5-7H,4,8H2,1-3H3,(H,16,17). The number of hydrogen-bond donors (Lipinski definition) is 1. The minimum Gasteiger partial charge on any atom is -0.478 e. The van der Waals surface area contributed by atoms with E-state index in [1.54, 1.807) is 6.92 Å². The molecular formula is C13H17NO6S. The summed E-state index contributed by atoms with van der Waals surface area (Å²) in [6.45, 7) is 2.74. The number of carboxylic acid groups (broad SMARTS) is 1. The van der Waals surface area contributed by atoms with Gasteiger partial charge in [-0.3, -0.25) is 4.79 Å². The van der Waals surface area contributed by atoms with Crippen LogP contribution in [0, 0.1) is 6.92 Å². The predicted octanol–water partition coefficient (Wildman–Crippen LogP) is 0.877. The molecule has 1 aromatic carbocycles. The molecule has 0 aliphatic heterocycles. The molecule has 1 aromatic rings. The molecule has 0 saturated carbocycles. The summed E-state index contributed by atoms with van der Waals surface area (Å²) >= 11 is 0. The topological polar surface area (TPSA) is 101 Å². The van der Waals surface area contributed by atoms with Crippen LogP contribution in [-0.4, -0.2) is 50.0 Å². The third-order valence-electron chi connectivity index (χ3n) is 2.86. The van der Waals surface area contributed by atoms with E-state index in [9.17, 15) is 18.0 Å². The Bertz CT molecular complexity index is 653. The summed E-state index contributed by atoms with van der Waals surface area (Å²) in [5.74, 6) is -1.88. The van der Waals surface area contributed by atoms with Gasteiger partial charge in [0.2, 0.25) is 10.0 Å². The van der Waals surface area contributed by atoms with Crippen LogP contribution in [0.15, 0.2) is 23.1 Å². The molecule has 1 rings (SSSR count). The van der Waals surface area contributed by atoms with E-state index in [0.717, 1.165) is 4.31 Å². The Morgan fingerprint density at radius 2 is 1.95 bits per heavy atom. The first-order valence-electron chi connectivity index (χ1n) is 6.16. The van der Waals surface area contributed by atoms with Crippen molar-refractivity contribution in [2.75, 3.05) is 20.2 Å². The first-order valence-corrected chi connectivity index (χ1v) is 7.60. The minimum atomic E-state index is -3.97. The highest BCUT2D eigenvalue weighted by molar-refractivity contribution is 7.89. The zero-order chi connectivity index (χ0) is 16.2. The average molecular weight is 315 g/mol. The highest BCUT2D eigenvalue weighted by Crippen LogP contribution is 2.22. The molecule has 8 heteroatoms. The summed E-state index contributed by atoms with van der Waals surface area (Å²) < 4.78 is 30.3. The number of esters is 1. The number of rotatable bonds is 6. The zero-order valence-electron chi connectivity index (χ0n) is 12.0. The van der Waals surface area contributed by atoms with Crippen molar-refractivity contribution in [2.24, 2.45) is 0 Å². The lowest BCUT2D eigenvalue weighted by Crippen LogP contribution is -2.33. The third-order valence-corrected chi connectivity index (χ3v) is 4.81. The number of carbonyl (C=O) groups is 2. The van der Waals surface area contributed by atoms with Crippen LogP contribution in [0.3, 0.4) is 0 Å². The van der Waals surface area contributed by atoms with Gasteiger partial charge in [-0.15, -0.1) is 0 Å². The fourth-order valence-electron chi connectivity index (χ4n) is 1.77. The van der Waals surface area contributed by atoms with Crippen LogP contribution >= 0.6 is 0 Å². The molecule has 0 atom stereocenters. The summed E-state index contributed by atoms with van der Waals surface area (Å²) in [7, 11) is -2.73. The van der Waals surface area contributed by atoms with E-state index in [2.05, 4.69) is 0 Å². The number of likely N-dealkylation sites (N-methyl/N-ethyl adjacent to an activating group) is 1. The largest absolute Gasteiger partial charge is 0.478 e. The first kappa shape index (κ1) is 17.1. The SMILES string of the molecule is CCOC(=O)CN(C)S(=O)(=O)c1cccc(C(=O)O)c1C. The maximum absolute atomic E-state index is 12.4. The maximum atomic E-state index is 12.4. The third kappa shape index (κ3) is 3.79. The summed E-state index contributed by atoms with van der Waals surface area (Å²) in [6.07, 6.45) is 0. The molecule has 0 spiro atoms. The van der Waals surface area contributed by atoms with Gasteiger partial charge in [-0.05, 0) is 31.5 Å². The number of hydrogen-bond acceptors (Lipinski definition) is 5. The van der Waals surface area contributed by atoms with Gasteiger partial charge < -0.3 is 9.84 Å². The molecule has 0 heterocycles. The number of sulfonamides is 1. The van der Waals surface area contributed by atoms with Crippen LogP contribution in [0.25, 0.3) is 0 Å². The van der Waals surface area contributed by atoms with E-state index in [-0.39, 0.29) is 22.6 Å². The molecule has 116 valence electrons. The molecule has 0 radical (unpaired) electrons. The van der Waals surface area contributed by atoms with Crippen LogP contribution in [0.5, 0.6) is 0 Å². The number of nitrogens with zero attached hydrogens (tertiary/aromatic N) is 1. The molecule has 0 bridgehead atoms. The first-order chi connectivity index (χ1) is 9.71. The molecule has 1 N–H and O–H groups in total. The van der Waals surface area contributed by atoms with E-state index in [4.69, 9.17) is 9.84 Å². The molecule has 7 nitrogen and oxygen atoms in total. The lowest BCUT2D eigenvalue weighted by Gasteiger charge is -2.18. The minimum absolute atomic E-state index is 0.0967. The average Bonchev–Trinajstić information content (AvgIpc) is 2.38. The Hall–Kier alpha value is -1.93. The Morgan fingerprint density at radius 3 is 2.48 bits per heavy atom. The fourth-order valence-corrected chi connectivity index (χ4v) is 3.13. The highest BCUT2D eigenvalue weighted by atomic mass is 32.2. The molecular weight excluding hydrogens is 298 g/mol.